The van der Waals surface area contributed by atoms with Crippen LogP contribution in [0.4, 0.5) is 0 Å². The Labute approximate surface area is 168 Å². The van der Waals surface area contributed by atoms with E-state index in [4.69, 9.17) is 16.3 Å². The Morgan fingerprint density at radius 1 is 1.29 bits per heavy atom. The van der Waals surface area contributed by atoms with Gasteiger partial charge in [-0.25, -0.2) is 0 Å². The van der Waals surface area contributed by atoms with Crippen LogP contribution in [0.1, 0.15) is 18.9 Å². The summed E-state index contributed by atoms with van der Waals surface area (Å²) in [5.74, 6) is 1.64. The molecule has 0 heterocycles. The molecule has 24 heavy (non-hydrogen) atoms. The largest absolute Gasteiger partial charge is 0.497 e. The minimum atomic E-state index is 0. The molecule has 0 atom stereocenters. The zero-order valence-corrected chi connectivity index (χ0v) is 18.1. The zero-order valence-electron chi connectivity index (χ0n) is 15.1. The molecule has 0 aliphatic heterocycles. The molecule has 2 N–H and O–H groups in total. The second kappa shape index (κ2) is 13.5. The number of ether oxygens (including phenoxy) is 1. The summed E-state index contributed by atoms with van der Waals surface area (Å²) >= 11 is 6.26. The Morgan fingerprint density at radius 3 is 2.62 bits per heavy atom. The lowest BCUT2D eigenvalue weighted by molar-refractivity contribution is 0.403. The molecule has 0 unspecified atom stereocenters. The average molecular weight is 469 g/mol. The van der Waals surface area contributed by atoms with Crippen molar-refractivity contribution in [3.63, 3.8) is 0 Å². The van der Waals surface area contributed by atoms with Gasteiger partial charge in [0.25, 0.3) is 0 Å². The fourth-order valence-electron chi connectivity index (χ4n) is 2.09. The lowest BCUT2D eigenvalue weighted by Crippen LogP contribution is -2.38. The molecule has 1 aromatic carbocycles. The van der Waals surface area contributed by atoms with Crippen molar-refractivity contribution in [3.8, 4) is 5.75 Å². The standard InChI is InChI=1S/C17H29ClN4O.HI/c1-5-19-17(20-10-6-12-22(2)3)21-11-9-14-7-8-15(23-4)13-16(14)18;/h7-8,13H,5-6,9-12H2,1-4H3,(H2,19,20,21);1H. The molecule has 0 aliphatic rings. The Kier molecular flexibility index (Phi) is 13.1. The number of guanidine groups is 1. The number of nitrogens with one attached hydrogen (secondary N) is 2. The number of hydrogen-bond acceptors (Lipinski definition) is 3. The molecular weight excluding hydrogens is 439 g/mol. The van der Waals surface area contributed by atoms with Crippen molar-refractivity contribution in [2.75, 3.05) is 47.4 Å². The minimum absolute atomic E-state index is 0. The third-order valence-electron chi connectivity index (χ3n) is 3.32. The number of rotatable bonds is 9. The van der Waals surface area contributed by atoms with Gasteiger partial charge >= 0.3 is 0 Å². The molecule has 1 rings (SSSR count). The molecule has 0 saturated heterocycles. The Morgan fingerprint density at radius 2 is 2.04 bits per heavy atom. The van der Waals surface area contributed by atoms with Gasteiger partial charge in [-0.1, -0.05) is 17.7 Å². The van der Waals surface area contributed by atoms with Gasteiger partial charge in [0.1, 0.15) is 5.75 Å². The number of methoxy groups -OCH3 is 1. The van der Waals surface area contributed by atoms with Gasteiger partial charge in [-0.15, -0.1) is 24.0 Å². The van der Waals surface area contributed by atoms with E-state index in [1.165, 1.54) is 0 Å². The first-order valence-electron chi connectivity index (χ1n) is 8.06. The van der Waals surface area contributed by atoms with Crippen LogP contribution in [0, 0.1) is 0 Å². The molecule has 0 saturated carbocycles. The summed E-state index contributed by atoms with van der Waals surface area (Å²) < 4.78 is 5.16. The number of halogens is 2. The summed E-state index contributed by atoms with van der Waals surface area (Å²) in [6.45, 7) is 5.56. The van der Waals surface area contributed by atoms with Gasteiger partial charge in [-0.05, 0) is 58.1 Å². The zero-order chi connectivity index (χ0) is 17.1. The highest BCUT2D eigenvalue weighted by molar-refractivity contribution is 14.0. The number of nitrogens with zero attached hydrogens (tertiary/aromatic N) is 2. The second-order valence-electron chi connectivity index (χ2n) is 5.55. The van der Waals surface area contributed by atoms with Crippen molar-refractivity contribution in [1.29, 1.82) is 0 Å². The molecule has 7 heteroatoms. The van der Waals surface area contributed by atoms with Gasteiger partial charge in [0, 0.05) is 24.7 Å². The second-order valence-corrected chi connectivity index (χ2v) is 5.96. The van der Waals surface area contributed by atoms with Crippen molar-refractivity contribution < 1.29 is 4.74 Å². The lowest BCUT2D eigenvalue weighted by atomic mass is 10.1. The van der Waals surface area contributed by atoms with E-state index in [1.807, 2.05) is 18.2 Å². The summed E-state index contributed by atoms with van der Waals surface area (Å²) in [5, 5.41) is 7.35. The first kappa shape index (κ1) is 23.3. The molecule has 0 bridgehead atoms. The molecule has 0 amide bonds. The van der Waals surface area contributed by atoms with Crippen LogP contribution < -0.4 is 15.4 Å². The van der Waals surface area contributed by atoms with E-state index in [1.54, 1.807) is 7.11 Å². The highest BCUT2D eigenvalue weighted by atomic mass is 127. The summed E-state index contributed by atoms with van der Waals surface area (Å²) in [6.07, 6.45) is 1.89. The van der Waals surface area contributed by atoms with E-state index in [0.29, 0.717) is 0 Å². The van der Waals surface area contributed by atoms with Crippen molar-refractivity contribution in [1.82, 2.24) is 15.5 Å². The Hall–Kier alpha value is -0.730. The highest BCUT2D eigenvalue weighted by Gasteiger charge is 2.03. The van der Waals surface area contributed by atoms with Gasteiger partial charge in [0.15, 0.2) is 5.96 Å². The van der Waals surface area contributed by atoms with Crippen LogP contribution in [0.3, 0.4) is 0 Å². The van der Waals surface area contributed by atoms with E-state index >= 15 is 0 Å². The van der Waals surface area contributed by atoms with Crippen molar-refractivity contribution in [2.45, 2.75) is 19.8 Å². The molecule has 0 aromatic heterocycles. The van der Waals surface area contributed by atoms with Crippen molar-refractivity contribution in [2.24, 2.45) is 4.99 Å². The van der Waals surface area contributed by atoms with Crippen LogP contribution in [-0.4, -0.2) is 58.2 Å². The van der Waals surface area contributed by atoms with Crippen LogP contribution in [0.5, 0.6) is 5.75 Å². The maximum Gasteiger partial charge on any atom is 0.191 e. The van der Waals surface area contributed by atoms with Gasteiger partial charge in [-0.2, -0.15) is 0 Å². The molecule has 0 radical (unpaired) electrons. The highest BCUT2D eigenvalue weighted by Crippen LogP contribution is 2.22. The summed E-state index contributed by atoms with van der Waals surface area (Å²) in [5.41, 5.74) is 1.10. The predicted molar refractivity (Wildman–Crippen MR) is 114 cm³/mol. The molecule has 1 aromatic rings. The molecule has 0 aliphatic carbocycles. The van der Waals surface area contributed by atoms with E-state index in [-0.39, 0.29) is 24.0 Å². The van der Waals surface area contributed by atoms with Crippen LogP contribution >= 0.6 is 35.6 Å². The molecular formula is C17H30ClIN4O. The van der Waals surface area contributed by atoms with Crippen LogP contribution in [0.15, 0.2) is 23.2 Å². The fourth-order valence-corrected chi connectivity index (χ4v) is 2.36. The van der Waals surface area contributed by atoms with E-state index in [9.17, 15) is 0 Å². The third-order valence-corrected chi connectivity index (χ3v) is 3.68. The summed E-state index contributed by atoms with van der Waals surface area (Å²) in [6, 6.07) is 5.78. The van der Waals surface area contributed by atoms with Crippen LogP contribution in [-0.2, 0) is 6.42 Å². The first-order chi connectivity index (χ1) is 11.1. The maximum absolute atomic E-state index is 6.26. The van der Waals surface area contributed by atoms with E-state index in [0.717, 1.165) is 61.3 Å². The number of hydrogen-bond donors (Lipinski definition) is 2. The molecule has 0 spiro atoms. The van der Waals surface area contributed by atoms with Crippen molar-refractivity contribution >= 4 is 41.5 Å². The predicted octanol–water partition coefficient (Wildman–Crippen LogP) is 3.02. The smallest absolute Gasteiger partial charge is 0.191 e. The van der Waals surface area contributed by atoms with Gasteiger partial charge < -0.3 is 20.3 Å². The van der Waals surface area contributed by atoms with Crippen molar-refractivity contribution in [3.05, 3.63) is 28.8 Å². The number of aliphatic imine (C=N–C) groups is 1. The maximum atomic E-state index is 6.26. The van der Waals surface area contributed by atoms with Gasteiger partial charge in [-0.3, -0.25) is 4.99 Å². The van der Waals surface area contributed by atoms with E-state index in [2.05, 4.69) is 41.5 Å². The fraction of sp³-hybridized carbons (Fsp3) is 0.588. The molecule has 138 valence electrons. The van der Waals surface area contributed by atoms with Crippen LogP contribution in [0.2, 0.25) is 5.02 Å². The van der Waals surface area contributed by atoms with E-state index < -0.39 is 0 Å². The summed E-state index contributed by atoms with van der Waals surface area (Å²) in [4.78, 5) is 6.75. The first-order valence-corrected chi connectivity index (χ1v) is 8.44. The van der Waals surface area contributed by atoms with Gasteiger partial charge in [0.2, 0.25) is 0 Å². The Bertz CT molecular complexity index is 497. The topological polar surface area (TPSA) is 48.9 Å². The third kappa shape index (κ3) is 9.54. The molecule has 5 nitrogen and oxygen atoms in total. The molecule has 0 fully saturated rings. The SMILES string of the molecule is CCNC(=NCCCN(C)C)NCCc1ccc(OC)cc1Cl.I. The number of benzene rings is 1. The van der Waals surface area contributed by atoms with Crippen LogP contribution in [0.25, 0.3) is 0 Å². The van der Waals surface area contributed by atoms with Gasteiger partial charge in [0.05, 0.1) is 7.11 Å². The summed E-state index contributed by atoms with van der Waals surface area (Å²) in [7, 11) is 5.79. The minimum Gasteiger partial charge on any atom is -0.497 e. The normalized spacial score (nSPS) is 11.2. The lowest BCUT2D eigenvalue weighted by Gasteiger charge is -2.13. The Balaban J connectivity index is 0.00000529. The average Bonchev–Trinajstić information content (AvgIpc) is 2.52. The quantitative estimate of drug-likeness (QED) is 0.253. The monoisotopic (exact) mass is 468 g/mol.